The van der Waals surface area contributed by atoms with E-state index in [1.54, 1.807) is 18.1 Å². The minimum atomic E-state index is -0.429. The first-order valence-electron chi connectivity index (χ1n) is 6.06. The van der Waals surface area contributed by atoms with Crippen LogP contribution in [0.25, 0.3) is 0 Å². The van der Waals surface area contributed by atoms with Gasteiger partial charge in [0.25, 0.3) is 5.56 Å². The molecule has 0 radical (unpaired) electrons. The van der Waals surface area contributed by atoms with Gasteiger partial charge in [-0.1, -0.05) is 11.6 Å². The molecule has 0 aromatic carbocycles. The summed E-state index contributed by atoms with van der Waals surface area (Å²) in [6, 6.07) is 0. The summed E-state index contributed by atoms with van der Waals surface area (Å²) < 4.78 is 2.74. The molecule has 2 heterocycles. The van der Waals surface area contributed by atoms with Gasteiger partial charge in [0.15, 0.2) is 5.82 Å². The second-order valence-corrected chi connectivity index (χ2v) is 4.51. The Kier molecular flexibility index (Phi) is 4.70. The number of rotatable bonds is 6. The number of hydrogen-bond donors (Lipinski definition) is 2. The molecule has 2 aromatic rings. The second kappa shape index (κ2) is 6.49. The van der Waals surface area contributed by atoms with Crippen LogP contribution in [0.3, 0.4) is 0 Å². The number of nitrogens with one attached hydrogen (secondary N) is 1. The molecule has 9 heteroatoms. The Bertz CT molecular complexity index is 638. The molecule has 0 unspecified atom stereocenters. The van der Waals surface area contributed by atoms with E-state index in [9.17, 15) is 4.79 Å². The van der Waals surface area contributed by atoms with E-state index in [1.807, 2.05) is 0 Å². The van der Waals surface area contributed by atoms with Crippen molar-refractivity contribution in [3.05, 3.63) is 33.7 Å². The number of aromatic nitrogens is 5. The highest BCUT2D eigenvalue weighted by atomic mass is 35.5. The zero-order valence-electron chi connectivity index (χ0n) is 11.0. The van der Waals surface area contributed by atoms with Crippen LogP contribution in [0.4, 0.5) is 5.69 Å². The third kappa shape index (κ3) is 3.34. The summed E-state index contributed by atoms with van der Waals surface area (Å²) in [5.74, 6) is 0.706. The van der Waals surface area contributed by atoms with Crippen molar-refractivity contribution in [1.29, 1.82) is 0 Å². The van der Waals surface area contributed by atoms with Crippen LogP contribution in [0.15, 0.2) is 17.3 Å². The molecule has 108 valence electrons. The minimum absolute atomic E-state index is 0.0578. The first kappa shape index (κ1) is 14.5. The highest BCUT2D eigenvalue weighted by molar-refractivity contribution is 6.32. The fourth-order valence-electron chi connectivity index (χ4n) is 1.65. The predicted octanol–water partition coefficient (Wildman–Crippen LogP) is -0.328. The van der Waals surface area contributed by atoms with Gasteiger partial charge in [0.2, 0.25) is 0 Å². The average Bonchev–Trinajstić information content (AvgIpc) is 2.84. The average molecular weight is 299 g/mol. The summed E-state index contributed by atoms with van der Waals surface area (Å²) in [6.45, 7) is 0.493. The maximum atomic E-state index is 11.8. The van der Waals surface area contributed by atoms with Gasteiger partial charge in [-0.3, -0.25) is 9.48 Å². The molecule has 0 saturated heterocycles. The number of nitrogens with zero attached hydrogens (tertiary/aromatic N) is 5. The molecule has 0 aliphatic carbocycles. The lowest BCUT2D eigenvalue weighted by Gasteiger charge is -2.08. The molecule has 0 saturated carbocycles. The molecule has 8 nitrogen and oxygen atoms in total. The number of hydrogen-bond acceptors (Lipinski definition) is 6. The second-order valence-electron chi connectivity index (χ2n) is 4.14. The quantitative estimate of drug-likeness (QED) is 0.758. The van der Waals surface area contributed by atoms with Gasteiger partial charge in [-0.2, -0.15) is 10.2 Å². The Morgan fingerprint density at radius 1 is 1.50 bits per heavy atom. The van der Waals surface area contributed by atoms with E-state index < -0.39 is 5.56 Å². The van der Waals surface area contributed by atoms with Crippen molar-refractivity contribution >= 4 is 17.3 Å². The molecule has 20 heavy (non-hydrogen) atoms. The standard InChI is InChI=1S/C11H15ClN6O2/c1-17-7-14-9(16-17)2-3-13-8-6-15-18(4-5-19)11(20)10(8)12/h6-7,13,19H,2-5H2,1H3. The van der Waals surface area contributed by atoms with E-state index in [0.717, 1.165) is 4.68 Å². The van der Waals surface area contributed by atoms with Crippen molar-refractivity contribution in [3.63, 3.8) is 0 Å². The lowest BCUT2D eigenvalue weighted by molar-refractivity contribution is 0.266. The lowest BCUT2D eigenvalue weighted by Crippen LogP contribution is -2.25. The van der Waals surface area contributed by atoms with Crippen LogP contribution in [0.2, 0.25) is 5.02 Å². The van der Waals surface area contributed by atoms with Gasteiger partial charge in [-0.05, 0) is 0 Å². The van der Waals surface area contributed by atoms with E-state index in [0.29, 0.717) is 24.5 Å². The fourth-order valence-corrected chi connectivity index (χ4v) is 1.86. The number of anilines is 1. The molecule has 0 aliphatic heterocycles. The predicted molar refractivity (Wildman–Crippen MR) is 73.8 cm³/mol. The SMILES string of the molecule is Cn1cnc(CCNc2cnn(CCO)c(=O)c2Cl)n1. The molecule has 0 atom stereocenters. The Hall–Kier alpha value is -1.93. The van der Waals surface area contributed by atoms with Crippen LogP contribution in [0, 0.1) is 0 Å². The van der Waals surface area contributed by atoms with Gasteiger partial charge in [-0.25, -0.2) is 9.67 Å². The summed E-state index contributed by atoms with van der Waals surface area (Å²) in [4.78, 5) is 15.9. The topological polar surface area (TPSA) is 97.9 Å². The van der Waals surface area contributed by atoms with Crippen molar-refractivity contribution < 1.29 is 5.11 Å². The number of aliphatic hydroxyl groups is 1. The van der Waals surface area contributed by atoms with Crippen LogP contribution >= 0.6 is 11.6 Å². The Balaban J connectivity index is 1.99. The number of aliphatic hydroxyl groups excluding tert-OH is 1. The van der Waals surface area contributed by atoms with Crippen LogP contribution in [-0.2, 0) is 20.0 Å². The fraction of sp³-hybridized carbons (Fsp3) is 0.455. The normalized spacial score (nSPS) is 10.8. The Morgan fingerprint density at radius 3 is 2.95 bits per heavy atom. The minimum Gasteiger partial charge on any atom is -0.394 e. The van der Waals surface area contributed by atoms with Crippen molar-refractivity contribution in [1.82, 2.24) is 24.5 Å². The molecule has 0 fully saturated rings. The smallest absolute Gasteiger partial charge is 0.287 e. The van der Waals surface area contributed by atoms with Crippen molar-refractivity contribution in [2.75, 3.05) is 18.5 Å². The van der Waals surface area contributed by atoms with Gasteiger partial charge in [0.05, 0.1) is 25.0 Å². The lowest BCUT2D eigenvalue weighted by atomic mass is 10.3. The van der Waals surface area contributed by atoms with Crippen LogP contribution < -0.4 is 10.9 Å². The van der Waals surface area contributed by atoms with E-state index in [-0.39, 0.29) is 18.2 Å². The Labute approximate surface area is 120 Å². The summed E-state index contributed by atoms with van der Waals surface area (Å²) in [5.41, 5.74) is 0.0310. The van der Waals surface area contributed by atoms with E-state index in [4.69, 9.17) is 16.7 Å². The molecule has 0 amide bonds. The molecule has 2 aromatic heterocycles. The molecule has 2 rings (SSSR count). The highest BCUT2D eigenvalue weighted by Crippen LogP contribution is 2.14. The van der Waals surface area contributed by atoms with E-state index in [2.05, 4.69) is 20.5 Å². The van der Waals surface area contributed by atoms with E-state index >= 15 is 0 Å². The van der Waals surface area contributed by atoms with Gasteiger partial charge in [-0.15, -0.1) is 0 Å². The van der Waals surface area contributed by atoms with Crippen LogP contribution in [0.1, 0.15) is 5.82 Å². The van der Waals surface area contributed by atoms with E-state index in [1.165, 1.54) is 6.20 Å². The third-order valence-electron chi connectivity index (χ3n) is 2.61. The van der Waals surface area contributed by atoms with Crippen LogP contribution in [-0.4, -0.2) is 42.8 Å². The van der Waals surface area contributed by atoms with Gasteiger partial charge in [0, 0.05) is 20.0 Å². The molecule has 0 spiro atoms. The molecule has 0 aliphatic rings. The monoisotopic (exact) mass is 298 g/mol. The Morgan fingerprint density at radius 2 is 2.30 bits per heavy atom. The summed E-state index contributed by atoms with van der Waals surface area (Å²) >= 11 is 5.97. The van der Waals surface area contributed by atoms with Gasteiger partial charge < -0.3 is 10.4 Å². The number of aryl methyl sites for hydroxylation is 1. The zero-order chi connectivity index (χ0) is 14.5. The van der Waals surface area contributed by atoms with Gasteiger partial charge >= 0.3 is 0 Å². The zero-order valence-corrected chi connectivity index (χ0v) is 11.7. The van der Waals surface area contributed by atoms with Crippen molar-refractivity contribution in [2.24, 2.45) is 7.05 Å². The largest absolute Gasteiger partial charge is 0.394 e. The number of halogens is 1. The maximum absolute atomic E-state index is 11.8. The van der Waals surface area contributed by atoms with Gasteiger partial charge in [0.1, 0.15) is 11.3 Å². The molecule has 2 N–H and O–H groups in total. The molecule has 0 bridgehead atoms. The maximum Gasteiger partial charge on any atom is 0.287 e. The van der Waals surface area contributed by atoms with Crippen LogP contribution in [0.5, 0.6) is 0 Å². The third-order valence-corrected chi connectivity index (χ3v) is 2.97. The summed E-state index contributed by atoms with van der Waals surface area (Å²) in [7, 11) is 1.80. The highest BCUT2D eigenvalue weighted by Gasteiger charge is 2.09. The summed E-state index contributed by atoms with van der Waals surface area (Å²) in [6.07, 6.45) is 3.70. The molecular weight excluding hydrogens is 284 g/mol. The first-order chi connectivity index (χ1) is 9.61. The first-order valence-corrected chi connectivity index (χ1v) is 6.44. The molecular formula is C11H15ClN6O2. The van der Waals surface area contributed by atoms with Crippen molar-refractivity contribution in [3.8, 4) is 0 Å². The summed E-state index contributed by atoms with van der Waals surface area (Å²) in [5, 5.41) is 19.9. The van der Waals surface area contributed by atoms with Crippen molar-refractivity contribution in [2.45, 2.75) is 13.0 Å².